The van der Waals surface area contributed by atoms with Gasteiger partial charge in [-0.1, -0.05) is 73.7 Å². The maximum Gasteiger partial charge on any atom is 0.264 e. The van der Waals surface area contributed by atoms with E-state index in [4.69, 9.17) is 14.6 Å². The molecule has 5 atom stereocenters. The van der Waals surface area contributed by atoms with E-state index in [9.17, 15) is 19.5 Å². The summed E-state index contributed by atoms with van der Waals surface area (Å²) < 4.78 is 12.7. The zero-order valence-corrected chi connectivity index (χ0v) is 31.5. The van der Waals surface area contributed by atoms with E-state index in [1.807, 2.05) is 60.7 Å². The molecule has 3 aromatic rings. The van der Waals surface area contributed by atoms with Gasteiger partial charge in [0.1, 0.15) is 5.75 Å². The van der Waals surface area contributed by atoms with Gasteiger partial charge in [0.2, 0.25) is 11.8 Å². The normalized spacial score (nSPS) is 25.9. The first kappa shape index (κ1) is 35.8. The van der Waals surface area contributed by atoms with Gasteiger partial charge < -0.3 is 24.4 Å². The molecule has 0 aliphatic carbocycles. The van der Waals surface area contributed by atoms with Crippen LogP contribution in [0.15, 0.2) is 90.6 Å². The van der Waals surface area contributed by atoms with Crippen molar-refractivity contribution in [3.63, 3.8) is 0 Å². The molecule has 2 saturated heterocycles. The molecule has 0 aromatic heterocycles. The Bertz CT molecular complexity index is 1900. The minimum absolute atomic E-state index is 0.0700. The number of methoxy groups -OCH3 is 1. The number of aliphatic hydroxyl groups is 1. The number of amides is 3. The van der Waals surface area contributed by atoms with Crippen LogP contribution < -0.4 is 19.8 Å². The molecular weight excluding hydrogens is 673 g/mol. The highest BCUT2D eigenvalue weighted by Crippen LogP contribution is 2.60. The summed E-state index contributed by atoms with van der Waals surface area (Å²) in [5.74, 6) is 0.0333. The number of carbonyl (C=O) groups is 3. The molecule has 1 spiro atoms. The Balaban J connectivity index is 1.34. The quantitative estimate of drug-likeness (QED) is 0.224. The van der Waals surface area contributed by atoms with E-state index in [0.717, 1.165) is 29.9 Å². The average molecular weight is 721 g/mol. The van der Waals surface area contributed by atoms with Crippen molar-refractivity contribution < 1.29 is 29.0 Å². The van der Waals surface area contributed by atoms with Gasteiger partial charge >= 0.3 is 0 Å². The first-order valence-electron chi connectivity index (χ1n) is 18.3. The SMILES string of the molecule is C=CCN1C(=O)[C@@]2(O[C@@H](CC(=O)N3CCC[C@H]3CO)[C@H]([Si](C)(C)c3ccc(OC)cc3)[C@H]2C)c2cc(N3N=C(c4ccccc4)CCC3=O)ccc21. The number of benzene rings is 3. The molecule has 0 radical (unpaired) electrons. The van der Waals surface area contributed by atoms with Gasteiger partial charge in [0.25, 0.3) is 5.91 Å². The van der Waals surface area contributed by atoms with Gasteiger partial charge in [0.05, 0.1) is 57.4 Å². The van der Waals surface area contributed by atoms with Gasteiger partial charge in [0.15, 0.2) is 5.60 Å². The number of fused-ring (bicyclic) bond motifs is 2. The molecule has 11 heteroatoms. The lowest BCUT2D eigenvalue weighted by Gasteiger charge is -2.37. The summed E-state index contributed by atoms with van der Waals surface area (Å²) in [6, 6.07) is 23.4. The van der Waals surface area contributed by atoms with Crippen molar-refractivity contribution in [2.45, 2.75) is 75.4 Å². The van der Waals surface area contributed by atoms with Crippen LogP contribution in [0.3, 0.4) is 0 Å². The fourth-order valence-electron chi connectivity index (χ4n) is 9.18. The lowest BCUT2D eigenvalue weighted by atomic mass is 9.82. The van der Waals surface area contributed by atoms with E-state index in [1.165, 1.54) is 10.2 Å². The maximum atomic E-state index is 15.0. The molecule has 4 aliphatic heterocycles. The molecule has 3 aromatic carbocycles. The molecule has 272 valence electrons. The first-order valence-corrected chi connectivity index (χ1v) is 21.4. The summed E-state index contributed by atoms with van der Waals surface area (Å²) >= 11 is 0. The molecular formula is C41H48N4O6Si. The number of likely N-dealkylation sites (tertiary alicyclic amines) is 1. The van der Waals surface area contributed by atoms with Gasteiger partial charge in [-0.3, -0.25) is 14.4 Å². The summed E-state index contributed by atoms with van der Waals surface area (Å²) in [7, 11) is -0.862. The molecule has 3 amide bonds. The number of anilines is 2. The molecule has 0 saturated carbocycles. The van der Waals surface area contributed by atoms with Crippen LogP contribution in [0.2, 0.25) is 18.6 Å². The van der Waals surface area contributed by atoms with Crippen molar-refractivity contribution in [3.05, 3.63) is 96.6 Å². The zero-order valence-electron chi connectivity index (χ0n) is 30.5. The molecule has 4 heterocycles. The van der Waals surface area contributed by atoms with Crippen LogP contribution in [0.4, 0.5) is 11.4 Å². The molecule has 7 rings (SSSR count). The Labute approximate surface area is 306 Å². The predicted molar refractivity (Wildman–Crippen MR) is 205 cm³/mol. The van der Waals surface area contributed by atoms with E-state index >= 15 is 0 Å². The summed E-state index contributed by atoms with van der Waals surface area (Å²) in [5, 5.41) is 17.5. The van der Waals surface area contributed by atoms with E-state index in [0.29, 0.717) is 36.3 Å². The van der Waals surface area contributed by atoms with Crippen LogP contribution in [0.5, 0.6) is 5.75 Å². The van der Waals surface area contributed by atoms with E-state index < -0.39 is 19.8 Å². The van der Waals surface area contributed by atoms with Crippen molar-refractivity contribution in [2.75, 3.05) is 36.7 Å². The third-order valence-corrected chi connectivity index (χ3v) is 16.2. The third-order valence-electron chi connectivity index (χ3n) is 11.8. The molecule has 4 aliphatic rings. The standard InChI is InChI=1S/C41H48N4O6Si/c1-6-22-44-35-20-14-29(45-37(47)21-19-34(42-45)28-11-8-7-9-12-28)24-33(35)41(40(44)49)27(2)39(52(4,5)32-17-15-31(50-3)16-18-32)36(51-41)25-38(48)43-23-10-13-30(43)26-46/h6-9,11-12,14-18,20,24,27,30,36,39,46H,1,10,13,19,21-23,25-26H2,2-5H3/t27-,30+,36+,39-,41+/m1/s1. The van der Waals surface area contributed by atoms with Crippen LogP contribution in [-0.2, 0) is 24.7 Å². The highest BCUT2D eigenvalue weighted by Gasteiger charge is 2.66. The molecule has 0 unspecified atom stereocenters. The second-order valence-corrected chi connectivity index (χ2v) is 19.6. The zero-order chi connectivity index (χ0) is 36.8. The van der Waals surface area contributed by atoms with Gasteiger partial charge in [-0.15, -0.1) is 6.58 Å². The Kier molecular flexibility index (Phi) is 9.71. The Morgan fingerprint density at radius 2 is 1.85 bits per heavy atom. The Hall–Kier alpha value is -4.58. The second-order valence-electron chi connectivity index (χ2n) is 15.0. The van der Waals surface area contributed by atoms with Crippen molar-refractivity contribution in [1.29, 1.82) is 0 Å². The van der Waals surface area contributed by atoms with Gasteiger partial charge in [-0.2, -0.15) is 5.10 Å². The fourth-order valence-corrected chi connectivity index (χ4v) is 13.2. The lowest BCUT2D eigenvalue weighted by Crippen LogP contribution is -2.52. The number of hydrogen-bond acceptors (Lipinski definition) is 7. The minimum atomic E-state index is -2.51. The molecule has 0 bridgehead atoms. The summed E-state index contributed by atoms with van der Waals surface area (Å²) in [6.45, 7) is 11.4. The van der Waals surface area contributed by atoms with Crippen molar-refractivity contribution in [2.24, 2.45) is 11.0 Å². The monoisotopic (exact) mass is 720 g/mol. The number of ether oxygens (including phenoxy) is 2. The number of hydrazone groups is 1. The van der Waals surface area contributed by atoms with Crippen molar-refractivity contribution in [1.82, 2.24) is 4.90 Å². The van der Waals surface area contributed by atoms with Crippen LogP contribution in [0.1, 0.15) is 50.2 Å². The molecule has 10 nitrogen and oxygen atoms in total. The summed E-state index contributed by atoms with van der Waals surface area (Å²) in [6.07, 6.45) is 3.68. The molecule has 2 fully saturated rings. The topological polar surface area (TPSA) is 112 Å². The summed E-state index contributed by atoms with van der Waals surface area (Å²) in [5.41, 5.74) is 2.15. The number of nitrogens with zero attached hydrogens (tertiary/aromatic N) is 4. The predicted octanol–water partition coefficient (Wildman–Crippen LogP) is 5.35. The number of carbonyl (C=O) groups excluding carboxylic acids is 3. The highest BCUT2D eigenvalue weighted by molar-refractivity contribution is 6.91. The van der Waals surface area contributed by atoms with Crippen molar-refractivity contribution in [3.8, 4) is 5.75 Å². The van der Waals surface area contributed by atoms with Gasteiger partial charge in [-0.25, -0.2) is 5.01 Å². The van der Waals surface area contributed by atoms with Crippen LogP contribution in [-0.4, -0.2) is 80.5 Å². The first-order chi connectivity index (χ1) is 25.0. The largest absolute Gasteiger partial charge is 0.497 e. The molecule has 1 N–H and O–H groups in total. The van der Waals surface area contributed by atoms with E-state index in [2.05, 4.69) is 38.7 Å². The number of hydrogen-bond donors (Lipinski definition) is 1. The van der Waals surface area contributed by atoms with Crippen LogP contribution in [0.25, 0.3) is 0 Å². The average Bonchev–Trinajstić information content (AvgIpc) is 3.82. The number of aliphatic hydroxyl groups excluding tert-OH is 1. The smallest absolute Gasteiger partial charge is 0.264 e. The minimum Gasteiger partial charge on any atom is -0.497 e. The van der Waals surface area contributed by atoms with Crippen LogP contribution in [0, 0.1) is 5.92 Å². The van der Waals surface area contributed by atoms with Gasteiger partial charge in [-0.05, 0) is 54.3 Å². The highest BCUT2D eigenvalue weighted by atomic mass is 28.3. The second kappa shape index (κ2) is 14.1. The summed E-state index contributed by atoms with van der Waals surface area (Å²) in [4.78, 5) is 46.0. The fraction of sp³-hybridized carbons (Fsp3) is 0.415. The van der Waals surface area contributed by atoms with Gasteiger partial charge in [0, 0.05) is 37.4 Å². The van der Waals surface area contributed by atoms with Crippen LogP contribution >= 0.6 is 0 Å². The Morgan fingerprint density at radius 1 is 1.10 bits per heavy atom. The van der Waals surface area contributed by atoms with E-state index in [-0.39, 0.29) is 54.8 Å². The molecule has 52 heavy (non-hydrogen) atoms. The van der Waals surface area contributed by atoms with Crippen molar-refractivity contribution >= 4 is 48.1 Å². The number of rotatable bonds is 10. The Morgan fingerprint density at radius 3 is 2.54 bits per heavy atom. The van der Waals surface area contributed by atoms with E-state index in [1.54, 1.807) is 23.0 Å². The third kappa shape index (κ3) is 5.88. The maximum absolute atomic E-state index is 15.0. The lowest BCUT2D eigenvalue weighted by molar-refractivity contribution is -0.149.